The molecule has 2 nitrogen and oxygen atoms in total. The topological polar surface area (TPSA) is 22.4 Å². The summed E-state index contributed by atoms with van der Waals surface area (Å²) < 4.78 is 10.9. The highest BCUT2D eigenvalue weighted by Gasteiger charge is 2.14. The van der Waals surface area contributed by atoms with Crippen molar-refractivity contribution in [2.45, 2.75) is 18.7 Å². The van der Waals surface area contributed by atoms with Gasteiger partial charge < -0.3 is 9.15 Å². The van der Waals surface area contributed by atoms with Crippen LogP contribution in [0.4, 0.5) is 0 Å². The summed E-state index contributed by atoms with van der Waals surface area (Å²) >= 11 is 3.65. The number of hydrogen-bond acceptors (Lipinski definition) is 2. The van der Waals surface area contributed by atoms with Gasteiger partial charge in [0.2, 0.25) is 0 Å². The lowest BCUT2D eigenvalue weighted by molar-refractivity contribution is 0.411. The van der Waals surface area contributed by atoms with Gasteiger partial charge in [0.1, 0.15) is 17.3 Å². The van der Waals surface area contributed by atoms with Gasteiger partial charge in [0, 0.05) is 0 Å². The Balaban J connectivity index is 2.31. The van der Waals surface area contributed by atoms with E-state index in [1.807, 2.05) is 38.1 Å². The normalized spacial score (nSPS) is 12.5. The number of furan rings is 1. The molecule has 1 aromatic heterocycles. The molecule has 1 heterocycles. The molecular formula is C14H15BrO2. The van der Waals surface area contributed by atoms with Crippen LogP contribution in [0.15, 0.2) is 34.7 Å². The van der Waals surface area contributed by atoms with E-state index in [1.54, 1.807) is 7.11 Å². The van der Waals surface area contributed by atoms with Gasteiger partial charge in [0.25, 0.3) is 0 Å². The third kappa shape index (κ3) is 2.55. The summed E-state index contributed by atoms with van der Waals surface area (Å²) in [5.74, 6) is 2.76. The summed E-state index contributed by atoms with van der Waals surface area (Å²) in [5, 5.41) is 0. The maximum atomic E-state index is 5.62. The Morgan fingerprint density at radius 3 is 2.47 bits per heavy atom. The molecule has 0 aliphatic carbocycles. The van der Waals surface area contributed by atoms with Gasteiger partial charge in [0.15, 0.2) is 0 Å². The molecule has 0 fully saturated rings. The van der Waals surface area contributed by atoms with Crippen LogP contribution in [0, 0.1) is 13.8 Å². The van der Waals surface area contributed by atoms with Crippen LogP contribution in [0.1, 0.15) is 27.5 Å². The third-order valence-corrected chi connectivity index (χ3v) is 3.70. The third-order valence-electron chi connectivity index (χ3n) is 2.72. The smallest absolute Gasteiger partial charge is 0.122 e. The van der Waals surface area contributed by atoms with Gasteiger partial charge >= 0.3 is 0 Å². The fraction of sp³-hybridized carbons (Fsp3) is 0.286. The molecule has 0 N–H and O–H groups in total. The zero-order chi connectivity index (χ0) is 12.4. The minimum absolute atomic E-state index is 0.0841. The Morgan fingerprint density at radius 2 is 1.94 bits per heavy atom. The molecule has 17 heavy (non-hydrogen) atoms. The zero-order valence-corrected chi connectivity index (χ0v) is 11.7. The minimum Gasteiger partial charge on any atom is -0.496 e. The van der Waals surface area contributed by atoms with Crippen molar-refractivity contribution in [2.75, 3.05) is 7.11 Å². The number of ether oxygens (including phenoxy) is 1. The van der Waals surface area contributed by atoms with Crippen LogP contribution in [-0.2, 0) is 0 Å². The first-order valence-corrected chi connectivity index (χ1v) is 6.38. The molecule has 0 amide bonds. The second-order valence-electron chi connectivity index (χ2n) is 4.04. The molecule has 0 bridgehead atoms. The van der Waals surface area contributed by atoms with Crippen molar-refractivity contribution in [3.63, 3.8) is 0 Å². The molecule has 1 unspecified atom stereocenters. The SMILES string of the molecule is COc1ccc(C(Br)c2ccc(C)o2)cc1C. The minimum atomic E-state index is 0.0841. The Labute approximate surface area is 110 Å². The van der Waals surface area contributed by atoms with E-state index in [4.69, 9.17) is 9.15 Å². The van der Waals surface area contributed by atoms with Crippen LogP contribution in [-0.4, -0.2) is 7.11 Å². The first kappa shape index (κ1) is 12.2. The van der Waals surface area contributed by atoms with Crippen LogP contribution in [0.5, 0.6) is 5.75 Å². The molecule has 3 heteroatoms. The molecule has 2 rings (SSSR count). The van der Waals surface area contributed by atoms with E-state index in [2.05, 4.69) is 22.0 Å². The predicted octanol–water partition coefficient (Wildman–Crippen LogP) is 4.39. The Bertz CT molecular complexity index is 517. The van der Waals surface area contributed by atoms with Crippen molar-refractivity contribution < 1.29 is 9.15 Å². The summed E-state index contributed by atoms with van der Waals surface area (Å²) in [4.78, 5) is 0.0841. The largest absolute Gasteiger partial charge is 0.496 e. The Kier molecular flexibility index (Phi) is 3.57. The van der Waals surface area contributed by atoms with Gasteiger partial charge in [-0.1, -0.05) is 28.1 Å². The summed E-state index contributed by atoms with van der Waals surface area (Å²) in [6.07, 6.45) is 0. The number of hydrogen-bond donors (Lipinski definition) is 0. The molecule has 0 saturated carbocycles. The standard InChI is InChI=1S/C14H15BrO2/c1-9-8-11(5-7-12(9)16-3)14(15)13-6-4-10(2)17-13/h4-8,14H,1-3H3. The molecule has 1 atom stereocenters. The van der Waals surface area contributed by atoms with Crippen molar-refractivity contribution in [1.82, 2.24) is 0 Å². The molecule has 0 radical (unpaired) electrons. The van der Waals surface area contributed by atoms with E-state index < -0.39 is 0 Å². The number of rotatable bonds is 3. The van der Waals surface area contributed by atoms with Crippen LogP contribution in [0.25, 0.3) is 0 Å². The highest BCUT2D eigenvalue weighted by molar-refractivity contribution is 9.09. The van der Waals surface area contributed by atoms with Crippen LogP contribution in [0.2, 0.25) is 0 Å². The zero-order valence-electron chi connectivity index (χ0n) is 10.2. The summed E-state index contributed by atoms with van der Waals surface area (Å²) in [6.45, 7) is 3.98. The van der Waals surface area contributed by atoms with E-state index in [0.717, 1.165) is 28.4 Å². The highest BCUT2D eigenvalue weighted by atomic mass is 79.9. The van der Waals surface area contributed by atoms with Crippen molar-refractivity contribution in [2.24, 2.45) is 0 Å². The number of benzene rings is 1. The molecule has 0 saturated heterocycles. The first-order valence-electron chi connectivity index (χ1n) is 5.46. The van der Waals surface area contributed by atoms with Gasteiger partial charge in [-0.05, 0) is 43.2 Å². The molecule has 90 valence electrons. The van der Waals surface area contributed by atoms with E-state index in [9.17, 15) is 0 Å². The van der Waals surface area contributed by atoms with E-state index in [0.29, 0.717) is 0 Å². The molecule has 0 spiro atoms. The van der Waals surface area contributed by atoms with E-state index >= 15 is 0 Å². The molecular weight excluding hydrogens is 280 g/mol. The Morgan fingerprint density at radius 1 is 1.18 bits per heavy atom. The number of halogens is 1. The highest BCUT2D eigenvalue weighted by Crippen LogP contribution is 2.33. The van der Waals surface area contributed by atoms with Gasteiger partial charge in [-0.2, -0.15) is 0 Å². The molecule has 0 aliphatic rings. The Hall–Kier alpha value is -1.22. The number of alkyl halides is 1. The van der Waals surface area contributed by atoms with Crippen molar-refractivity contribution in [3.05, 3.63) is 53.0 Å². The fourth-order valence-corrected chi connectivity index (χ4v) is 2.34. The van der Waals surface area contributed by atoms with Crippen LogP contribution >= 0.6 is 15.9 Å². The lowest BCUT2D eigenvalue weighted by Gasteiger charge is -2.10. The van der Waals surface area contributed by atoms with E-state index in [-0.39, 0.29) is 4.83 Å². The van der Waals surface area contributed by atoms with Crippen molar-refractivity contribution in [3.8, 4) is 5.75 Å². The second-order valence-corrected chi connectivity index (χ2v) is 4.96. The number of methoxy groups -OCH3 is 1. The average molecular weight is 295 g/mol. The predicted molar refractivity (Wildman–Crippen MR) is 71.9 cm³/mol. The molecule has 2 aromatic rings. The van der Waals surface area contributed by atoms with Gasteiger partial charge in [-0.25, -0.2) is 0 Å². The van der Waals surface area contributed by atoms with Crippen LogP contribution < -0.4 is 4.74 Å². The van der Waals surface area contributed by atoms with Gasteiger partial charge in [-0.3, -0.25) is 0 Å². The fourth-order valence-electron chi connectivity index (χ4n) is 1.81. The maximum absolute atomic E-state index is 5.62. The van der Waals surface area contributed by atoms with E-state index in [1.165, 1.54) is 0 Å². The lowest BCUT2D eigenvalue weighted by Crippen LogP contribution is -1.93. The monoisotopic (exact) mass is 294 g/mol. The second kappa shape index (κ2) is 4.96. The average Bonchev–Trinajstić information content (AvgIpc) is 2.75. The summed E-state index contributed by atoms with van der Waals surface area (Å²) in [6, 6.07) is 10.1. The summed E-state index contributed by atoms with van der Waals surface area (Å²) in [5.41, 5.74) is 2.29. The van der Waals surface area contributed by atoms with Crippen LogP contribution in [0.3, 0.4) is 0 Å². The molecule has 1 aromatic carbocycles. The lowest BCUT2D eigenvalue weighted by atomic mass is 10.1. The van der Waals surface area contributed by atoms with Gasteiger partial charge in [-0.15, -0.1) is 0 Å². The van der Waals surface area contributed by atoms with Gasteiger partial charge in [0.05, 0.1) is 11.9 Å². The maximum Gasteiger partial charge on any atom is 0.122 e. The first-order chi connectivity index (χ1) is 8.11. The molecule has 0 aliphatic heterocycles. The summed E-state index contributed by atoms with van der Waals surface area (Å²) in [7, 11) is 1.68. The quantitative estimate of drug-likeness (QED) is 0.784. The number of aryl methyl sites for hydroxylation is 2. The van der Waals surface area contributed by atoms with Crippen molar-refractivity contribution >= 4 is 15.9 Å². The van der Waals surface area contributed by atoms with Crippen molar-refractivity contribution in [1.29, 1.82) is 0 Å².